The Labute approximate surface area is 370 Å². The second kappa shape index (κ2) is 14.4. The Bertz CT molecular complexity index is 3380. The number of benzene rings is 7. The third-order valence-corrected chi connectivity index (χ3v) is 15.1. The molecule has 0 bridgehead atoms. The summed E-state index contributed by atoms with van der Waals surface area (Å²) in [6.45, 7) is 0. The summed E-state index contributed by atoms with van der Waals surface area (Å²) in [6.07, 6.45) is 26.9. The van der Waals surface area contributed by atoms with Gasteiger partial charge in [0, 0.05) is 17.8 Å². The van der Waals surface area contributed by atoms with E-state index >= 15 is 0 Å². The van der Waals surface area contributed by atoms with Crippen LogP contribution in [0.1, 0.15) is 58.2 Å². The predicted octanol–water partition coefficient (Wildman–Crippen LogP) is 13.7. The Balaban J connectivity index is 0.957. The number of allylic oxidation sites excluding steroid dienone is 13. The van der Waals surface area contributed by atoms with Gasteiger partial charge in [0.05, 0.1) is 5.41 Å². The molecule has 298 valence electrons. The second-order valence-electron chi connectivity index (χ2n) is 18.1. The minimum absolute atomic E-state index is 0.205. The lowest BCUT2D eigenvalue weighted by Crippen LogP contribution is -2.41. The van der Waals surface area contributed by atoms with Crippen LogP contribution >= 0.6 is 0 Å². The van der Waals surface area contributed by atoms with Crippen molar-refractivity contribution in [2.24, 2.45) is 17.8 Å². The topological polar surface area (TPSA) is 0 Å². The summed E-state index contributed by atoms with van der Waals surface area (Å²) in [5, 5.41) is 5.33. The van der Waals surface area contributed by atoms with Crippen molar-refractivity contribution < 1.29 is 0 Å². The van der Waals surface area contributed by atoms with E-state index < -0.39 is 0 Å². The Morgan fingerprint density at radius 3 is 1.73 bits per heavy atom. The largest absolute Gasteiger partial charge is 0.0761 e. The van der Waals surface area contributed by atoms with Crippen LogP contribution in [0.3, 0.4) is 0 Å². The molecular weight excluding hydrogens is 757 g/mol. The molecule has 6 aliphatic carbocycles. The monoisotopic (exact) mass is 802 g/mol. The van der Waals surface area contributed by atoms with Gasteiger partial charge >= 0.3 is 0 Å². The minimum atomic E-state index is -0.243. The van der Waals surface area contributed by atoms with Crippen LogP contribution in [0.2, 0.25) is 0 Å². The summed E-state index contributed by atoms with van der Waals surface area (Å²) in [5.41, 5.74) is 20.8. The van der Waals surface area contributed by atoms with E-state index in [9.17, 15) is 0 Å². The molecule has 1 spiro atoms. The first-order valence-corrected chi connectivity index (χ1v) is 22.8. The van der Waals surface area contributed by atoms with E-state index in [-0.39, 0.29) is 23.2 Å². The maximum atomic E-state index is 2.49. The van der Waals surface area contributed by atoms with Crippen LogP contribution in [0, 0.1) is 17.8 Å². The third kappa shape index (κ3) is 5.41. The molecule has 0 aromatic heterocycles. The fourth-order valence-electron chi connectivity index (χ4n) is 12.5. The molecule has 0 saturated carbocycles. The standard InChI is InChI=1S/C63H46/c1-2-16-42(17-3-1)43-33-30-41(31-34-43)32-35-44-36-39-56(47-19-5-4-18-46(44)47)62-54-25-8-6-23-52(54)61(53-24-7-9-26-55(53)62)45-37-38-51-50-22-12-15-29-59(50)63(60(51)40-45)57-27-13-10-20-48(57)49-21-11-14-28-58(49)63/h1-30,32-33,35-39,52,54,60H,31,34,40H2. The van der Waals surface area contributed by atoms with E-state index in [0.29, 0.717) is 0 Å². The summed E-state index contributed by atoms with van der Waals surface area (Å²) in [5.74, 6) is 0.702. The fraction of sp³-hybridized carbons (Fsp3) is 0.111. The van der Waals surface area contributed by atoms with Crippen LogP contribution < -0.4 is 10.4 Å². The van der Waals surface area contributed by atoms with Crippen LogP contribution in [0.15, 0.2) is 230 Å². The van der Waals surface area contributed by atoms with Gasteiger partial charge in [0.1, 0.15) is 0 Å². The highest BCUT2D eigenvalue weighted by molar-refractivity contribution is 6.00. The smallest absolute Gasteiger partial charge is 0.0541 e. The molecule has 7 aromatic carbocycles. The van der Waals surface area contributed by atoms with Crippen molar-refractivity contribution in [1.82, 2.24) is 0 Å². The van der Waals surface area contributed by atoms with Crippen molar-refractivity contribution in [3.05, 3.63) is 279 Å². The summed E-state index contributed by atoms with van der Waals surface area (Å²) < 4.78 is 0. The molecule has 0 N–H and O–H groups in total. The number of rotatable bonds is 5. The van der Waals surface area contributed by atoms with Crippen LogP contribution in [0.4, 0.5) is 0 Å². The Morgan fingerprint density at radius 2 is 1.02 bits per heavy atom. The van der Waals surface area contributed by atoms with Gasteiger partial charge in [-0.25, -0.2) is 0 Å². The highest BCUT2D eigenvalue weighted by Gasteiger charge is 2.56. The Morgan fingerprint density at radius 1 is 0.429 bits per heavy atom. The molecule has 0 saturated heterocycles. The van der Waals surface area contributed by atoms with Crippen molar-refractivity contribution in [2.75, 3.05) is 0 Å². The fourth-order valence-corrected chi connectivity index (χ4v) is 12.5. The lowest BCUT2D eigenvalue weighted by molar-refractivity contribution is 0.486. The maximum Gasteiger partial charge on any atom is 0.0541 e. The van der Waals surface area contributed by atoms with Crippen molar-refractivity contribution in [3.63, 3.8) is 0 Å². The van der Waals surface area contributed by atoms with Gasteiger partial charge in [-0.3, -0.25) is 0 Å². The minimum Gasteiger partial charge on any atom is -0.0761 e. The molecule has 63 heavy (non-hydrogen) atoms. The van der Waals surface area contributed by atoms with Crippen molar-refractivity contribution in [2.45, 2.75) is 24.7 Å². The molecule has 3 atom stereocenters. The molecule has 0 radical (unpaired) electrons. The summed E-state index contributed by atoms with van der Waals surface area (Å²) in [4.78, 5) is 0. The first kappa shape index (κ1) is 36.4. The third-order valence-electron chi connectivity index (χ3n) is 15.1. The van der Waals surface area contributed by atoms with Crippen molar-refractivity contribution in [3.8, 4) is 11.1 Å². The predicted molar refractivity (Wildman–Crippen MR) is 264 cm³/mol. The van der Waals surface area contributed by atoms with E-state index in [4.69, 9.17) is 0 Å². The van der Waals surface area contributed by atoms with Gasteiger partial charge in [0.15, 0.2) is 0 Å². The molecule has 7 aromatic rings. The van der Waals surface area contributed by atoms with E-state index in [0.717, 1.165) is 19.3 Å². The van der Waals surface area contributed by atoms with Gasteiger partial charge < -0.3 is 0 Å². The highest BCUT2D eigenvalue weighted by Crippen LogP contribution is 2.66. The molecule has 0 aliphatic heterocycles. The molecule has 0 amide bonds. The van der Waals surface area contributed by atoms with Gasteiger partial charge in [-0.05, 0) is 124 Å². The molecule has 0 heterocycles. The molecule has 6 aliphatic rings. The average molecular weight is 803 g/mol. The zero-order valence-corrected chi connectivity index (χ0v) is 35.2. The molecule has 0 heteroatoms. The Kier molecular flexibility index (Phi) is 8.32. The van der Waals surface area contributed by atoms with Gasteiger partial charge in [0.2, 0.25) is 0 Å². The van der Waals surface area contributed by atoms with Gasteiger partial charge in [-0.1, -0.05) is 225 Å². The normalized spacial score (nSPS) is 20.9. The van der Waals surface area contributed by atoms with Crippen molar-refractivity contribution in [1.29, 1.82) is 0 Å². The van der Waals surface area contributed by atoms with Gasteiger partial charge in [0.25, 0.3) is 0 Å². The Hall–Kier alpha value is -7.28. The number of hydrogen-bond donors (Lipinski definition) is 0. The van der Waals surface area contributed by atoms with Crippen molar-refractivity contribution >= 4 is 39.1 Å². The van der Waals surface area contributed by atoms with Gasteiger partial charge in [-0.2, -0.15) is 0 Å². The van der Waals surface area contributed by atoms with E-state index in [2.05, 4.69) is 225 Å². The van der Waals surface area contributed by atoms with E-state index in [1.165, 1.54) is 105 Å². The summed E-state index contributed by atoms with van der Waals surface area (Å²) >= 11 is 0. The maximum absolute atomic E-state index is 2.49. The second-order valence-corrected chi connectivity index (χ2v) is 18.1. The number of fused-ring (bicyclic) bond motifs is 13. The molecule has 0 nitrogen and oxygen atoms in total. The van der Waals surface area contributed by atoms with Gasteiger partial charge in [-0.15, -0.1) is 0 Å². The quantitative estimate of drug-likeness (QED) is 0.163. The lowest BCUT2D eigenvalue weighted by atomic mass is 9.62. The van der Waals surface area contributed by atoms with Crippen LogP contribution in [0.5, 0.6) is 0 Å². The summed E-state index contributed by atoms with van der Waals surface area (Å²) in [7, 11) is 0. The first-order chi connectivity index (χ1) is 31.3. The average Bonchev–Trinajstić information content (AvgIpc) is 3.82. The molecule has 0 fully saturated rings. The molecule has 3 unspecified atom stereocenters. The van der Waals surface area contributed by atoms with E-state index in [1.807, 2.05) is 0 Å². The summed E-state index contributed by atoms with van der Waals surface area (Å²) in [6, 6.07) is 61.7. The molecular formula is C63H46. The number of hydrogen-bond acceptors (Lipinski definition) is 0. The zero-order chi connectivity index (χ0) is 41.5. The zero-order valence-electron chi connectivity index (χ0n) is 35.2. The van der Waals surface area contributed by atoms with Crippen LogP contribution in [-0.4, -0.2) is 0 Å². The van der Waals surface area contributed by atoms with E-state index in [1.54, 1.807) is 0 Å². The van der Waals surface area contributed by atoms with Crippen LogP contribution in [0.25, 0.3) is 50.3 Å². The lowest BCUT2D eigenvalue weighted by Gasteiger charge is -2.40. The molecule has 13 rings (SSSR count). The first-order valence-electron chi connectivity index (χ1n) is 22.8. The van der Waals surface area contributed by atoms with Crippen LogP contribution in [-0.2, 0) is 5.41 Å². The SMILES string of the molecule is C1=CC2C(C3=CC=C4c5ccccc5C5(c6ccccc6-c6ccccc65)C4C3)=c3ccccc3=C(c3ccc(C=CC4=CC=C(c5ccccc5)CC4)c4ccccc34)C2C=C1. The highest BCUT2D eigenvalue weighted by atomic mass is 14.6.